The van der Waals surface area contributed by atoms with Crippen molar-refractivity contribution in [1.29, 1.82) is 5.26 Å². The van der Waals surface area contributed by atoms with Crippen molar-refractivity contribution in [3.8, 4) is 17.2 Å². The van der Waals surface area contributed by atoms with E-state index in [9.17, 15) is 0 Å². The molecule has 0 fully saturated rings. The van der Waals surface area contributed by atoms with E-state index in [0.29, 0.717) is 5.56 Å². The van der Waals surface area contributed by atoms with Crippen molar-refractivity contribution in [1.82, 2.24) is 4.57 Å². The molecule has 0 atom stereocenters. The van der Waals surface area contributed by atoms with Crippen molar-refractivity contribution in [3.05, 3.63) is 46.2 Å². The van der Waals surface area contributed by atoms with Gasteiger partial charge in [0, 0.05) is 18.8 Å². The van der Waals surface area contributed by atoms with Gasteiger partial charge in [0.2, 0.25) is 0 Å². The van der Waals surface area contributed by atoms with Gasteiger partial charge >= 0.3 is 0 Å². The Hall–Kier alpha value is -1.53. The Kier molecular flexibility index (Phi) is 2.84. The third-order valence-corrected chi connectivity index (χ3v) is 3.54. The van der Waals surface area contributed by atoms with Crippen LogP contribution in [0.15, 0.2) is 35.1 Å². The molecule has 1 aromatic carbocycles. The van der Waals surface area contributed by atoms with E-state index in [0.717, 1.165) is 15.7 Å². The van der Waals surface area contributed by atoms with E-state index >= 15 is 0 Å². The zero-order valence-electron chi connectivity index (χ0n) is 9.16. The van der Waals surface area contributed by atoms with E-state index in [1.165, 1.54) is 5.56 Å². The molecule has 1 heterocycles. The minimum Gasteiger partial charge on any atom is -0.344 e. The molecule has 80 valence electrons. The molecule has 0 aliphatic rings. The number of rotatable bonds is 1. The van der Waals surface area contributed by atoms with Gasteiger partial charge in [0.1, 0.15) is 10.7 Å². The smallest absolute Gasteiger partial charge is 0.103 e. The second-order valence-corrected chi connectivity index (χ2v) is 4.55. The van der Waals surface area contributed by atoms with Crippen LogP contribution in [0.25, 0.3) is 11.1 Å². The summed E-state index contributed by atoms with van der Waals surface area (Å²) in [5.41, 5.74) is 3.95. The highest BCUT2D eigenvalue weighted by atomic mass is 79.9. The second-order valence-electron chi connectivity index (χ2n) is 3.80. The molecule has 0 saturated carbocycles. The van der Waals surface area contributed by atoms with E-state index in [1.807, 2.05) is 29.9 Å². The molecule has 0 bridgehead atoms. The molecule has 1 aromatic heterocycles. The molecule has 0 radical (unpaired) electrons. The Bertz CT molecular complexity index is 559. The molecule has 0 aliphatic carbocycles. The number of aryl methyl sites for hydroxylation is 2. The van der Waals surface area contributed by atoms with Crippen molar-refractivity contribution in [2.24, 2.45) is 7.05 Å². The average Bonchev–Trinajstić information content (AvgIpc) is 2.56. The van der Waals surface area contributed by atoms with Crippen molar-refractivity contribution < 1.29 is 0 Å². The Morgan fingerprint density at radius 2 is 1.88 bits per heavy atom. The van der Waals surface area contributed by atoms with Gasteiger partial charge in [0.25, 0.3) is 0 Å². The first-order valence-electron chi connectivity index (χ1n) is 4.95. The first-order chi connectivity index (χ1) is 7.63. The number of aromatic nitrogens is 1. The van der Waals surface area contributed by atoms with Crippen LogP contribution in [0.5, 0.6) is 0 Å². The summed E-state index contributed by atoms with van der Waals surface area (Å²) in [5.74, 6) is 0. The van der Waals surface area contributed by atoms with Crippen LogP contribution >= 0.6 is 15.9 Å². The van der Waals surface area contributed by atoms with Gasteiger partial charge in [-0.2, -0.15) is 5.26 Å². The fourth-order valence-corrected chi connectivity index (χ4v) is 2.07. The maximum absolute atomic E-state index is 9.14. The number of hydrogen-bond donors (Lipinski definition) is 0. The lowest BCUT2D eigenvalue weighted by molar-refractivity contribution is 0.900. The zero-order chi connectivity index (χ0) is 11.7. The van der Waals surface area contributed by atoms with Crippen LogP contribution in [-0.4, -0.2) is 4.57 Å². The van der Waals surface area contributed by atoms with Crippen molar-refractivity contribution in [2.45, 2.75) is 6.92 Å². The van der Waals surface area contributed by atoms with Crippen LogP contribution in [0.4, 0.5) is 0 Å². The molecule has 0 saturated heterocycles. The van der Waals surface area contributed by atoms with Gasteiger partial charge in [0.15, 0.2) is 0 Å². The van der Waals surface area contributed by atoms with Crippen molar-refractivity contribution in [3.63, 3.8) is 0 Å². The normalized spacial score (nSPS) is 10.1. The van der Waals surface area contributed by atoms with Gasteiger partial charge in [0.05, 0.1) is 5.56 Å². The lowest BCUT2D eigenvalue weighted by Crippen LogP contribution is -1.83. The van der Waals surface area contributed by atoms with Gasteiger partial charge in [-0.05, 0) is 28.4 Å². The molecular formula is C13H11BrN2. The molecule has 0 spiro atoms. The summed E-state index contributed by atoms with van der Waals surface area (Å²) >= 11 is 3.41. The maximum atomic E-state index is 9.14. The predicted molar refractivity (Wildman–Crippen MR) is 68.0 cm³/mol. The number of nitrogens with zero attached hydrogens (tertiary/aromatic N) is 2. The summed E-state index contributed by atoms with van der Waals surface area (Å²) in [6.45, 7) is 2.05. The third kappa shape index (κ3) is 1.77. The summed E-state index contributed by atoms with van der Waals surface area (Å²) in [5, 5.41) is 9.14. The van der Waals surface area contributed by atoms with Gasteiger partial charge in [-0.1, -0.05) is 29.8 Å². The predicted octanol–water partition coefficient (Wildman–Crippen LogP) is 3.63. The molecule has 16 heavy (non-hydrogen) atoms. The van der Waals surface area contributed by atoms with Crippen LogP contribution in [0.2, 0.25) is 0 Å². The van der Waals surface area contributed by atoms with Gasteiger partial charge in [-0.15, -0.1) is 0 Å². The summed E-state index contributed by atoms with van der Waals surface area (Å²) in [4.78, 5) is 0. The van der Waals surface area contributed by atoms with Gasteiger partial charge < -0.3 is 4.57 Å². The third-order valence-electron chi connectivity index (χ3n) is 2.58. The molecule has 0 N–H and O–H groups in total. The van der Waals surface area contributed by atoms with Crippen molar-refractivity contribution >= 4 is 15.9 Å². The molecule has 2 nitrogen and oxygen atoms in total. The van der Waals surface area contributed by atoms with Gasteiger partial charge in [-0.25, -0.2) is 0 Å². The molecule has 0 unspecified atom stereocenters. The number of hydrogen-bond acceptors (Lipinski definition) is 1. The standard InChI is InChI=1S/C13H11BrN2/c1-9-3-5-10(6-4-9)12-8-16(2)13(14)11(12)7-15/h3-6,8H,1-2H3. The molecule has 2 aromatic rings. The number of nitriles is 1. The van der Waals surface area contributed by atoms with Crippen LogP contribution in [0.1, 0.15) is 11.1 Å². The fourth-order valence-electron chi connectivity index (χ4n) is 1.66. The topological polar surface area (TPSA) is 28.7 Å². The first-order valence-corrected chi connectivity index (χ1v) is 5.74. The quantitative estimate of drug-likeness (QED) is 0.781. The molecule has 3 heteroatoms. The minimum absolute atomic E-state index is 0.686. The number of halogens is 1. The average molecular weight is 275 g/mol. The Morgan fingerprint density at radius 3 is 2.44 bits per heavy atom. The van der Waals surface area contributed by atoms with Gasteiger partial charge in [-0.3, -0.25) is 0 Å². The Morgan fingerprint density at radius 1 is 1.25 bits per heavy atom. The molecule has 0 aliphatic heterocycles. The minimum atomic E-state index is 0.686. The molecular weight excluding hydrogens is 264 g/mol. The highest BCUT2D eigenvalue weighted by Gasteiger charge is 2.12. The number of benzene rings is 1. The van der Waals surface area contributed by atoms with E-state index in [1.54, 1.807) is 0 Å². The van der Waals surface area contributed by atoms with E-state index in [2.05, 4.69) is 41.1 Å². The monoisotopic (exact) mass is 274 g/mol. The summed E-state index contributed by atoms with van der Waals surface area (Å²) in [6.07, 6.45) is 1.97. The summed E-state index contributed by atoms with van der Waals surface area (Å²) in [7, 11) is 1.92. The molecule has 0 amide bonds. The Labute approximate surface area is 103 Å². The highest BCUT2D eigenvalue weighted by Crippen LogP contribution is 2.30. The largest absolute Gasteiger partial charge is 0.344 e. The lowest BCUT2D eigenvalue weighted by atomic mass is 10.0. The summed E-state index contributed by atoms with van der Waals surface area (Å²) in [6, 6.07) is 10.4. The van der Waals surface area contributed by atoms with Crippen molar-refractivity contribution in [2.75, 3.05) is 0 Å². The van der Waals surface area contributed by atoms with E-state index in [4.69, 9.17) is 5.26 Å². The van der Waals surface area contributed by atoms with E-state index < -0.39 is 0 Å². The lowest BCUT2D eigenvalue weighted by Gasteiger charge is -1.99. The van der Waals surface area contributed by atoms with Crippen LogP contribution in [-0.2, 0) is 7.05 Å². The first kappa shape index (κ1) is 11.0. The molecule has 2 rings (SSSR count). The maximum Gasteiger partial charge on any atom is 0.103 e. The second kappa shape index (κ2) is 4.15. The van der Waals surface area contributed by atoms with Crippen LogP contribution < -0.4 is 0 Å². The highest BCUT2D eigenvalue weighted by molar-refractivity contribution is 9.10. The Balaban J connectivity index is 2.61. The summed E-state index contributed by atoms with van der Waals surface area (Å²) < 4.78 is 2.74. The zero-order valence-corrected chi connectivity index (χ0v) is 10.7. The van der Waals surface area contributed by atoms with Crippen LogP contribution in [0.3, 0.4) is 0 Å². The SMILES string of the molecule is Cc1ccc(-c2cn(C)c(Br)c2C#N)cc1. The van der Waals surface area contributed by atoms with E-state index in [-0.39, 0.29) is 0 Å². The van der Waals surface area contributed by atoms with Crippen LogP contribution in [0, 0.1) is 18.3 Å². The fraction of sp³-hybridized carbons (Fsp3) is 0.154.